The summed E-state index contributed by atoms with van der Waals surface area (Å²) in [5.41, 5.74) is 0.410. The van der Waals surface area contributed by atoms with Crippen molar-refractivity contribution < 1.29 is 14.6 Å². The standard InChI is InChI=1S/C15H8N2O3/c16-8-11-4-2-6-14(13(11)9-17)20-12-5-1-3-10(7-12)15(18)19/h1-7H,(H,18,19). The number of carboxylic acid groups (broad SMARTS) is 1. The molecule has 0 aliphatic heterocycles. The van der Waals surface area contributed by atoms with E-state index in [1.165, 1.54) is 18.2 Å². The van der Waals surface area contributed by atoms with Crippen molar-refractivity contribution in [2.24, 2.45) is 0 Å². The number of carbonyl (C=O) groups is 1. The van der Waals surface area contributed by atoms with Crippen molar-refractivity contribution in [2.45, 2.75) is 0 Å². The molecule has 0 radical (unpaired) electrons. The van der Waals surface area contributed by atoms with Crippen LogP contribution in [0.5, 0.6) is 11.5 Å². The van der Waals surface area contributed by atoms with E-state index in [2.05, 4.69) is 0 Å². The third kappa shape index (κ3) is 2.58. The fourth-order valence-corrected chi connectivity index (χ4v) is 1.64. The Morgan fingerprint density at radius 1 is 1.10 bits per heavy atom. The van der Waals surface area contributed by atoms with Gasteiger partial charge >= 0.3 is 5.97 Å². The molecule has 0 aliphatic carbocycles. The van der Waals surface area contributed by atoms with Crippen LogP contribution in [0.25, 0.3) is 0 Å². The van der Waals surface area contributed by atoms with Crippen molar-refractivity contribution >= 4 is 5.97 Å². The van der Waals surface area contributed by atoms with Crippen LogP contribution in [0.1, 0.15) is 21.5 Å². The molecule has 0 bridgehead atoms. The summed E-state index contributed by atoms with van der Waals surface area (Å²) in [6, 6.07) is 14.4. The summed E-state index contributed by atoms with van der Waals surface area (Å²) in [5, 5.41) is 26.9. The Kier molecular flexibility index (Phi) is 3.65. The van der Waals surface area contributed by atoms with Crippen LogP contribution in [0.4, 0.5) is 0 Å². The van der Waals surface area contributed by atoms with Crippen molar-refractivity contribution in [1.82, 2.24) is 0 Å². The number of nitrogens with zero attached hydrogens (tertiary/aromatic N) is 2. The highest BCUT2D eigenvalue weighted by atomic mass is 16.5. The topological polar surface area (TPSA) is 94.1 Å². The van der Waals surface area contributed by atoms with E-state index in [1.54, 1.807) is 24.3 Å². The predicted octanol–water partition coefficient (Wildman–Crippen LogP) is 2.92. The van der Waals surface area contributed by atoms with Gasteiger partial charge in [-0.1, -0.05) is 12.1 Å². The first-order valence-electron chi connectivity index (χ1n) is 5.60. The van der Waals surface area contributed by atoms with Crippen molar-refractivity contribution in [3.63, 3.8) is 0 Å². The van der Waals surface area contributed by atoms with E-state index < -0.39 is 5.97 Å². The van der Waals surface area contributed by atoms with E-state index in [0.29, 0.717) is 0 Å². The lowest BCUT2D eigenvalue weighted by molar-refractivity contribution is 0.0696. The van der Waals surface area contributed by atoms with Gasteiger partial charge in [0.15, 0.2) is 0 Å². The molecule has 0 amide bonds. The zero-order chi connectivity index (χ0) is 14.5. The highest BCUT2D eigenvalue weighted by Crippen LogP contribution is 2.27. The average Bonchev–Trinajstić information content (AvgIpc) is 2.47. The highest BCUT2D eigenvalue weighted by molar-refractivity contribution is 5.88. The van der Waals surface area contributed by atoms with Crippen LogP contribution in [0.3, 0.4) is 0 Å². The summed E-state index contributed by atoms with van der Waals surface area (Å²) >= 11 is 0. The van der Waals surface area contributed by atoms with Crippen molar-refractivity contribution in [2.75, 3.05) is 0 Å². The van der Waals surface area contributed by atoms with Gasteiger partial charge in [0.25, 0.3) is 0 Å². The van der Waals surface area contributed by atoms with Crippen LogP contribution < -0.4 is 4.74 Å². The Morgan fingerprint density at radius 2 is 1.85 bits per heavy atom. The van der Waals surface area contributed by atoms with Gasteiger partial charge in [-0.25, -0.2) is 4.79 Å². The molecule has 0 spiro atoms. The Morgan fingerprint density at radius 3 is 2.50 bits per heavy atom. The fourth-order valence-electron chi connectivity index (χ4n) is 1.64. The normalized spacial score (nSPS) is 9.30. The van der Waals surface area contributed by atoms with E-state index in [4.69, 9.17) is 20.4 Å². The zero-order valence-electron chi connectivity index (χ0n) is 10.2. The maximum Gasteiger partial charge on any atom is 0.335 e. The average molecular weight is 264 g/mol. The summed E-state index contributed by atoms with van der Waals surface area (Å²) in [5.74, 6) is -0.563. The van der Waals surface area contributed by atoms with Crippen LogP contribution >= 0.6 is 0 Å². The molecule has 0 unspecified atom stereocenters. The summed E-state index contributed by atoms with van der Waals surface area (Å²) in [6.45, 7) is 0. The molecular weight excluding hydrogens is 256 g/mol. The Bertz CT molecular complexity index is 754. The molecule has 2 aromatic rings. The summed E-state index contributed by atoms with van der Waals surface area (Å²) < 4.78 is 5.50. The van der Waals surface area contributed by atoms with Crippen LogP contribution in [-0.4, -0.2) is 11.1 Å². The van der Waals surface area contributed by atoms with Gasteiger partial charge in [-0.05, 0) is 30.3 Å². The molecule has 5 nitrogen and oxygen atoms in total. The zero-order valence-corrected chi connectivity index (χ0v) is 10.2. The largest absolute Gasteiger partial charge is 0.478 e. The van der Waals surface area contributed by atoms with Crippen LogP contribution in [0, 0.1) is 22.7 Å². The first kappa shape index (κ1) is 13.1. The number of hydrogen-bond donors (Lipinski definition) is 1. The third-order valence-electron chi connectivity index (χ3n) is 2.57. The molecule has 0 heterocycles. The van der Waals surface area contributed by atoms with Crippen LogP contribution in [0.15, 0.2) is 42.5 Å². The molecule has 5 heteroatoms. The molecule has 0 saturated carbocycles. The minimum absolute atomic E-state index is 0.0810. The number of aromatic carboxylic acids is 1. The molecule has 96 valence electrons. The maximum absolute atomic E-state index is 10.9. The van der Waals surface area contributed by atoms with Gasteiger partial charge in [0.05, 0.1) is 11.1 Å². The quantitative estimate of drug-likeness (QED) is 0.919. The molecule has 2 rings (SSSR count). The van der Waals surface area contributed by atoms with E-state index in [1.807, 2.05) is 12.1 Å². The molecule has 0 saturated heterocycles. The highest BCUT2D eigenvalue weighted by Gasteiger charge is 2.11. The fraction of sp³-hybridized carbons (Fsp3) is 0. The lowest BCUT2D eigenvalue weighted by Gasteiger charge is -2.08. The van der Waals surface area contributed by atoms with Gasteiger partial charge in [-0.15, -0.1) is 0 Å². The summed E-state index contributed by atoms with van der Waals surface area (Å²) in [4.78, 5) is 10.9. The van der Waals surface area contributed by atoms with Crippen LogP contribution in [0.2, 0.25) is 0 Å². The van der Waals surface area contributed by atoms with E-state index in [0.717, 1.165) is 0 Å². The number of hydrogen-bond acceptors (Lipinski definition) is 4. The first-order chi connectivity index (χ1) is 9.65. The van der Waals surface area contributed by atoms with E-state index in [9.17, 15) is 4.79 Å². The van der Waals surface area contributed by atoms with Crippen molar-refractivity contribution in [3.8, 4) is 23.6 Å². The van der Waals surface area contributed by atoms with Crippen LogP contribution in [-0.2, 0) is 0 Å². The van der Waals surface area contributed by atoms with E-state index >= 15 is 0 Å². The van der Waals surface area contributed by atoms with Gasteiger partial charge < -0.3 is 9.84 Å². The number of rotatable bonds is 3. The summed E-state index contributed by atoms with van der Waals surface area (Å²) in [6.07, 6.45) is 0. The molecule has 1 N–H and O–H groups in total. The minimum atomic E-state index is -1.07. The van der Waals surface area contributed by atoms with E-state index in [-0.39, 0.29) is 28.2 Å². The Balaban J connectivity index is 2.41. The summed E-state index contributed by atoms with van der Waals surface area (Å²) in [7, 11) is 0. The van der Waals surface area contributed by atoms with Gasteiger partial charge in [0.1, 0.15) is 29.2 Å². The smallest absolute Gasteiger partial charge is 0.335 e. The molecule has 0 fully saturated rings. The molecule has 0 atom stereocenters. The lowest BCUT2D eigenvalue weighted by Crippen LogP contribution is -1.97. The second-order valence-electron chi connectivity index (χ2n) is 3.84. The van der Waals surface area contributed by atoms with Gasteiger partial charge in [-0.3, -0.25) is 0 Å². The van der Waals surface area contributed by atoms with Crippen molar-refractivity contribution in [3.05, 3.63) is 59.2 Å². The monoisotopic (exact) mass is 264 g/mol. The SMILES string of the molecule is N#Cc1cccc(Oc2cccc(C(=O)O)c2)c1C#N. The molecule has 2 aromatic carbocycles. The van der Waals surface area contributed by atoms with Gasteiger partial charge in [0, 0.05) is 0 Å². The molecule has 20 heavy (non-hydrogen) atoms. The second kappa shape index (κ2) is 5.55. The number of ether oxygens (including phenoxy) is 1. The van der Waals surface area contributed by atoms with Crippen molar-refractivity contribution in [1.29, 1.82) is 10.5 Å². The second-order valence-corrected chi connectivity index (χ2v) is 3.84. The number of benzene rings is 2. The predicted molar refractivity (Wildman–Crippen MR) is 69.3 cm³/mol. The Labute approximate surface area is 114 Å². The molecule has 0 aromatic heterocycles. The lowest BCUT2D eigenvalue weighted by atomic mass is 10.1. The number of nitriles is 2. The Hall–Kier alpha value is -3.31. The number of carboxylic acids is 1. The maximum atomic E-state index is 10.9. The molecular formula is C15H8N2O3. The van der Waals surface area contributed by atoms with Gasteiger partial charge in [0.2, 0.25) is 0 Å². The minimum Gasteiger partial charge on any atom is -0.478 e. The van der Waals surface area contributed by atoms with Gasteiger partial charge in [-0.2, -0.15) is 10.5 Å². The first-order valence-corrected chi connectivity index (χ1v) is 5.60. The third-order valence-corrected chi connectivity index (χ3v) is 2.57. The molecule has 0 aliphatic rings.